The van der Waals surface area contributed by atoms with Crippen LogP contribution in [0.5, 0.6) is 0 Å². The highest BCUT2D eigenvalue weighted by atomic mass is 16.5. The number of urea groups is 1. The van der Waals surface area contributed by atoms with Crippen molar-refractivity contribution in [3.63, 3.8) is 0 Å². The van der Waals surface area contributed by atoms with Gasteiger partial charge in [-0.3, -0.25) is 9.69 Å². The van der Waals surface area contributed by atoms with E-state index in [2.05, 4.69) is 16.8 Å². The molecule has 2 saturated heterocycles. The maximum atomic E-state index is 12.0. The number of aliphatic carboxylic acids is 1. The van der Waals surface area contributed by atoms with Crippen LogP contribution in [0.2, 0.25) is 0 Å². The number of carbonyl (C=O) groups excluding carboxylic acids is 1. The zero-order chi connectivity index (χ0) is 15.2. The molecule has 0 spiro atoms. The Bertz CT molecular complexity index is 402. The van der Waals surface area contributed by atoms with Gasteiger partial charge in [-0.25, -0.2) is 4.79 Å². The number of hydrogen-bond acceptors (Lipinski definition) is 4. The first-order valence-electron chi connectivity index (χ1n) is 7.31. The van der Waals surface area contributed by atoms with E-state index >= 15 is 0 Å². The molecule has 2 rings (SSSR count). The average Bonchev–Trinajstić information content (AvgIpc) is 2.91. The molecule has 0 aromatic carbocycles. The zero-order valence-electron chi connectivity index (χ0n) is 12.2. The predicted octanol–water partition coefficient (Wildman–Crippen LogP) is 0.132. The largest absolute Gasteiger partial charge is 0.480 e. The maximum absolute atomic E-state index is 12.0. The van der Waals surface area contributed by atoms with Gasteiger partial charge in [0.15, 0.2) is 0 Å². The summed E-state index contributed by atoms with van der Waals surface area (Å²) in [6.07, 6.45) is 3.87. The second-order valence-corrected chi connectivity index (χ2v) is 5.50. The Morgan fingerprint density at radius 2 is 2.33 bits per heavy atom. The van der Waals surface area contributed by atoms with Gasteiger partial charge in [-0.1, -0.05) is 6.08 Å². The van der Waals surface area contributed by atoms with Crippen LogP contribution >= 0.6 is 0 Å². The molecule has 2 aliphatic rings. The second-order valence-electron chi connectivity index (χ2n) is 5.50. The lowest BCUT2D eigenvalue weighted by Gasteiger charge is -2.35. The predicted molar refractivity (Wildman–Crippen MR) is 77.1 cm³/mol. The molecular formula is C14H23N3O4. The highest BCUT2D eigenvalue weighted by Gasteiger charge is 2.32. The van der Waals surface area contributed by atoms with Crippen LogP contribution < -0.4 is 5.32 Å². The first-order chi connectivity index (χ1) is 10.1. The Labute approximate surface area is 124 Å². The third-order valence-corrected chi connectivity index (χ3v) is 3.91. The van der Waals surface area contributed by atoms with Crippen LogP contribution in [0.1, 0.15) is 12.8 Å². The number of rotatable bonds is 6. The second kappa shape index (κ2) is 7.42. The molecule has 2 atom stereocenters. The molecule has 0 aromatic rings. The number of amides is 2. The lowest BCUT2D eigenvalue weighted by atomic mass is 10.2. The molecule has 7 heteroatoms. The van der Waals surface area contributed by atoms with E-state index in [4.69, 9.17) is 9.84 Å². The molecule has 0 aliphatic carbocycles. The summed E-state index contributed by atoms with van der Waals surface area (Å²) in [7, 11) is 0. The Balaban J connectivity index is 1.76. The van der Waals surface area contributed by atoms with Crippen molar-refractivity contribution in [3.8, 4) is 0 Å². The monoisotopic (exact) mass is 297 g/mol. The van der Waals surface area contributed by atoms with E-state index in [-0.39, 0.29) is 19.2 Å². The Morgan fingerprint density at radius 1 is 1.52 bits per heavy atom. The van der Waals surface area contributed by atoms with Gasteiger partial charge in [0, 0.05) is 25.7 Å². The third kappa shape index (κ3) is 4.44. The highest BCUT2D eigenvalue weighted by Crippen LogP contribution is 2.22. The van der Waals surface area contributed by atoms with Gasteiger partial charge in [0.25, 0.3) is 0 Å². The average molecular weight is 297 g/mol. The van der Waals surface area contributed by atoms with E-state index in [1.807, 2.05) is 0 Å². The van der Waals surface area contributed by atoms with Crippen molar-refractivity contribution in [2.24, 2.45) is 0 Å². The number of morpholine rings is 1. The summed E-state index contributed by atoms with van der Waals surface area (Å²) >= 11 is 0. The summed E-state index contributed by atoms with van der Waals surface area (Å²) in [4.78, 5) is 26.3. The van der Waals surface area contributed by atoms with Gasteiger partial charge in [0.1, 0.15) is 6.54 Å². The first kappa shape index (κ1) is 15.8. The topological polar surface area (TPSA) is 82.1 Å². The van der Waals surface area contributed by atoms with Crippen LogP contribution in [0.4, 0.5) is 4.79 Å². The lowest BCUT2D eigenvalue weighted by Crippen LogP contribution is -2.52. The summed E-state index contributed by atoms with van der Waals surface area (Å²) in [6, 6.07) is 0.130. The number of hydrogen-bond donors (Lipinski definition) is 2. The number of carbonyl (C=O) groups is 2. The van der Waals surface area contributed by atoms with Crippen molar-refractivity contribution in [1.82, 2.24) is 15.1 Å². The van der Waals surface area contributed by atoms with Gasteiger partial charge in [-0.05, 0) is 19.4 Å². The van der Waals surface area contributed by atoms with Gasteiger partial charge >= 0.3 is 12.0 Å². The van der Waals surface area contributed by atoms with E-state index in [1.165, 1.54) is 23.8 Å². The quantitative estimate of drug-likeness (QED) is 0.681. The maximum Gasteiger partial charge on any atom is 0.323 e. The lowest BCUT2D eigenvalue weighted by molar-refractivity contribution is -0.137. The minimum absolute atomic E-state index is 0.0290. The van der Waals surface area contributed by atoms with E-state index in [9.17, 15) is 9.59 Å². The molecule has 0 saturated carbocycles. The molecule has 118 valence electrons. The molecule has 21 heavy (non-hydrogen) atoms. The van der Waals surface area contributed by atoms with Gasteiger partial charge in [-0.15, -0.1) is 6.58 Å². The fraction of sp³-hybridized carbons (Fsp3) is 0.714. The minimum atomic E-state index is -1.04. The van der Waals surface area contributed by atoms with Crippen LogP contribution in [0.25, 0.3) is 0 Å². The Kier molecular flexibility index (Phi) is 5.58. The smallest absolute Gasteiger partial charge is 0.323 e. The van der Waals surface area contributed by atoms with Crippen molar-refractivity contribution in [2.75, 3.05) is 39.3 Å². The summed E-state index contributed by atoms with van der Waals surface area (Å²) in [5, 5.41) is 11.5. The van der Waals surface area contributed by atoms with E-state index in [1.54, 1.807) is 0 Å². The van der Waals surface area contributed by atoms with E-state index in [0.29, 0.717) is 19.2 Å². The molecular weight excluding hydrogens is 274 g/mol. The minimum Gasteiger partial charge on any atom is -0.480 e. The summed E-state index contributed by atoms with van der Waals surface area (Å²) in [5.41, 5.74) is 0. The zero-order valence-corrected chi connectivity index (χ0v) is 12.2. The van der Waals surface area contributed by atoms with Crippen molar-refractivity contribution < 1.29 is 19.4 Å². The third-order valence-electron chi connectivity index (χ3n) is 3.91. The van der Waals surface area contributed by atoms with Crippen molar-refractivity contribution >= 4 is 12.0 Å². The number of nitrogens with zero attached hydrogens (tertiary/aromatic N) is 2. The van der Waals surface area contributed by atoms with Crippen LogP contribution in [-0.2, 0) is 9.53 Å². The molecule has 2 heterocycles. The highest BCUT2D eigenvalue weighted by molar-refractivity contribution is 5.80. The van der Waals surface area contributed by atoms with E-state index < -0.39 is 12.0 Å². The molecule has 7 nitrogen and oxygen atoms in total. The fourth-order valence-electron chi connectivity index (χ4n) is 2.86. The van der Waals surface area contributed by atoms with Gasteiger partial charge in [0.05, 0.1) is 12.7 Å². The fourth-order valence-corrected chi connectivity index (χ4v) is 2.86. The van der Waals surface area contributed by atoms with Gasteiger partial charge < -0.3 is 20.1 Å². The number of carboxylic acids is 1. The SMILES string of the molecule is C=CCN(CC(=O)O)C(=O)NCC1CN2CCCC2CO1. The Hall–Kier alpha value is -1.60. The molecule has 0 bridgehead atoms. The molecule has 0 aromatic heterocycles. The number of carboxylic acid groups (broad SMARTS) is 1. The molecule has 0 radical (unpaired) electrons. The molecule has 2 aliphatic heterocycles. The van der Waals surface area contributed by atoms with Crippen LogP contribution in [0.3, 0.4) is 0 Å². The normalized spacial score (nSPS) is 25.1. The summed E-state index contributed by atoms with van der Waals surface area (Å²) in [6.45, 7) is 6.44. The van der Waals surface area contributed by atoms with Crippen LogP contribution in [0.15, 0.2) is 12.7 Å². The van der Waals surface area contributed by atoms with Gasteiger partial charge in [0.2, 0.25) is 0 Å². The summed E-state index contributed by atoms with van der Waals surface area (Å²) in [5.74, 6) is -1.04. The van der Waals surface area contributed by atoms with Crippen LogP contribution in [-0.4, -0.2) is 78.4 Å². The van der Waals surface area contributed by atoms with Crippen LogP contribution in [0, 0.1) is 0 Å². The van der Waals surface area contributed by atoms with Crippen molar-refractivity contribution in [1.29, 1.82) is 0 Å². The molecule has 2 fully saturated rings. The number of fused-ring (bicyclic) bond motifs is 1. The number of ether oxygens (including phenoxy) is 1. The van der Waals surface area contributed by atoms with Crippen molar-refractivity contribution in [2.45, 2.75) is 25.0 Å². The molecule has 2 amide bonds. The first-order valence-corrected chi connectivity index (χ1v) is 7.31. The summed E-state index contributed by atoms with van der Waals surface area (Å²) < 4.78 is 5.75. The standard InChI is InChI=1S/C14H23N3O4/c1-2-5-17(9-13(18)19)14(20)15-7-12-8-16-6-3-4-11(16)10-21-12/h2,11-12H,1,3-10H2,(H,15,20)(H,18,19). The number of nitrogens with one attached hydrogen (secondary N) is 1. The van der Waals surface area contributed by atoms with Gasteiger partial charge in [-0.2, -0.15) is 0 Å². The Morgan fingerprint density at radius 3 is 3.05 bits per heavy atom. The van der Waals surface area contributed by atoms with E-state index in [0.717, 1.165) is 13.1 Å². The molecule has 2 unspecified atom stereocenters. The molecule has 2 N–H and O–H groups in total. The van der Waals surface area contributed by atoms with Crippen molar-refractivity contribution in [3.05, 3.63) is 12.7 Å².